The Hall–Kier alpha value is -1.77. The largest absolute Gasteiger partial charge is 0.497 e. The smallest absolute Gasteiger partial charge is 0.251 e. The highest BCUT2D eigenvalue weighted by molar-refractivity contribution is 5.75. The van der Waals surface area contributed by atoms with Gasteiger partial charge < -0.3 is 9.72 Å². The molecule has 1 aliphatic heterocycles. The van der Waals surface area contributed by atoms with Gasteiger partial charge in [0.15, 0.2) is 0 Å². The number of aromatic nitrogens is 1. The fraction of sp³-hybridized carbons (Fsp3) is 0.182. The van der Waals surface area contributed by atoms with Crippen molar-refractivity contribution >= 4 is 5.57 Å². The topological polar surface area (TPSA) is 42.1 Å². The van der Waals surface area contributed by atoms with Gasteiger partial charge in [0, 0.05) is 11.8 Å². The van der Waals surface area contributed by atoms with E-state index in [0.29, 0.717) is 6.61 Å². The number of allylic oxidation sites excluding steroid dienone is 2. The van der Waals surface area contributed by atoms with Gasteiger partial charge >= 0.3 is 0 Å². The molecule has 0 saturated heterocycles. The van der Waals surface area contributed by atoms with Crippen LogP contribution in [0.15, 0.2) is 35.5 Å². The van der Waals surface area contributed by atoms with E-state index in [4.69, 9.17) is 4.74 Å². The maximum atomic E-state index is 11.3. The maximum absolute atomic E-state index is 11.3. The fourth-order valence-electron chi connectivity index (χ4n) is 1.45. The van der Waals surface area contributed by atoms with Gasteiger partial charge in [-0.2, -0.15) is 0 Å². The average molecular weight is 189 g/mol. The first-order chi connectivity index (χ1) is 6.79. The summed E-state index contributed by atoms with van der Waals surface area (Å²) >= 11 is 0. The van der Waals surface area contributed by atoms with Crippen LogP contribution in [0, 0.1) is 6.92 Å². The molecule has 0 radical (unpaired) electrons. The highest BCUT2D eigenvalue weighted by atomic mass is 16.5. The van der Waals surface area contributed by atoms with Gasteiger partial charge in [-0.25, -0.2) is 0 Å². The molecule has 0 spiro atoms. The van der Waals surface area contributed by atoms with Crippen molar-refractivity contribution in [2.45, 2.75) is 6.92 Å². The fourth-order valence-corrected chi connectivity index (χ4v) is 1.45. The lowest BCUT2D eigenvalue weighted by Gasteiger charge is -2.09. The summed E-state index contributed by atoms with van der Waals surface area (Å²) in [6.45, 7) is 2.39. The van der Waals surface area contributed by atoms with Gasteiger partial charge in [-0.05, 0) is 36.3 Å². The van der Waals surface area contributed by atoms with Crippen LogP contribution in [0.2, 0.25) is 0 Å². The molecule has 2 rings (SSSR count). The Morgan fingerprint density at radius 1 is 1.50 bits per heavy atom. The molecular formula is C11H11NO2. The van der Waals surface area contributed by atoms with Crippen LogP contribution >= 0.6 is 0 Å². The van der Waals surface area contributed by atoms with E-state index >= 15 is 0 Å². The predicted octanol–water partition coefficient (Wildman–Crippen LogP) is 1.61. The standard InChI is InChI=1S/C11H11NO2/c1-8-10(2-5-12-11(8)13)9-3-6-14-7-4-9/h2-6H,7H2,1H3,(H,12,13). The lowest BCUT2D eigenvalue weighted by molar-refractivity contribution is 0.287. The summed E-state index contributed by atoms with van der Waals surface area (Å²) in [6, 6.07) is 1.90. The van der Waals surface area contributed by atoms with Crippen LogP contribution in [0.5, 0.6) is 0 Å². The summed E-state index contributed by atoms with van der Waals surface area (Å²) in [7, 11) is 0. The summed E-state index contributed by atoms with van der Waals surface area (Å²) in [4.78, 5) is 14.0. The van der Waals surface area contributed by atoms with Gasteiger partial charge in [0.1, 0.15) is 6.61 Å². The average Bonchev–Trinajstić information content (AvgIpc) is 2.23. The SMILES string of the molecule is Cc1c(C2=CCOC=C2)cc[nH]c1=O. The number of hydrogen-bond donors (Lipinski definition) is 1. The first-order valence-electron chi connectivity index (χ1n) is 4.46. The zero-order valence-corrected chi connectivity index (χ0v) is 7.91. The number of rotatable bonds is 1. The van der Waals surface area contributed by atoms with Gasteiger partial charge in [0.25, 0.3) is 5.56 Å². The highest BCUT2D eigenvalue weighted by Gasteiger charge is 2.06. The molecule has 0 amide bonds. The number of aromatic amines is 1. The monoisotopic (exact) mass is 189 g/mol. The zero-order valence-electron chi connectivity index (χ0n) is 7.91. The third kappa shape index (κ3) is 1.48. The van der Waals surface area contributed by atoms with Crippen LogP contribution in [-0.2, 0) is 4.74 Å². The second-order valence-electron chi connectivity index (χ2n) is 3.14. The van der Waals surface area contributed by atoms with E-state index in [1.165, 1.54) is 0 Å². The van der Waals surface area contributed by atoms with Crippen LogP contribution in [-0.4, -0.2) is 11.6 Å². The molecule has 0 aromatic carbocycles. The maximum Gasteiger partial charge on any atom is 0.251 e. The molecule has 1 aliphatic rings. The van der Waals surface area contributed by atoms with Crippen LogP contribution in [0.1, 0.15) is 11.1 Å². The molecular weight excluding hydrogens is 178 g/mol. The minimum Gasteiger partial charge on any atom is -0.497 e. The molecule has 72 valence electrons. The molecule has 3 nitrogen and oxygen atoms in total. The predicted molar refractivity (Wildman–Crippen MR) is 54.9 cm³/mol. The van der Waals surface area contributed by atoms with Crippen molar-refractivity contribution in [1.29, 1.82) is 0 Å². The van der Waals surface area contributed by atoms with E-state index in [1.807, 2.05) is 25.1 Å². The quantitative estimate of drug-likeness (QED) is 0.729. The number of hydrogen-bond acceptors (Lipinski definition) is 2. The summed E-state index contributed by atoms with van der Waals surface area (Å²) in [5.41, 5.74) is 2.71. The molecule has 0 atom stereocenters. The van der Waals surface area contributed by atoms with E-state index in [-0.39, 0.29) is 5.56 Å². The Kier molecular flexibility index (Phi) is 2.23. The molecule has 0 aliphatic carbocycles. The molecule has 2 heterocycles. The minimum atomic E-state index is -0.0386. The molecule has 1 aromatic rings. The minimum absolute atomic E-state index is 0.0386. The van der Waals surface area contributed by atoms with Crippen LogP contribution in [0.25, 0.3) is 5.57 Å². The van der Waals surface area contributed by atoms with Gasteiger partial charge in [-0.1, -0.05) is 0 Å². The molecule has 14 heavy (non-hydrogen) atoms. The molecule has 0 bridgehead atoms. The molecule has 0 unspecified atom stereocenters. The van der Waals surface area contributed by atoms with Crippen molar-refractivity contribution in [2.24, 2.45) is 0 Å². The Morgan fingerprint density at radius 2 is 2.36 bits per heavy atom. The second-order valence-corrected chi connectivity index (χ2v) is 3.14. The van der Waals surface area contributed by atoms with Gasteiger partial charge in [0.05, 0.1) is 6.26 Å². The van der Waals surface area contributed by atoms with E-state index < -0.39 is 0 Å². The summed E-state index contributed by atoms with van der Waals surface area (Å²) in [6.07, 6.45) is 7.14. The first-order valence-corrected chi connectivity index (χ1v) is 4.46. The van der Waals surface area contributed by atoms with Crippen molar-refractivity contribution in [3.8, 4) is 0 Å². The van der Waals surface area contributed by atoms with Crippen molar-refractivity contribution in [3.63, 3.8) is 0 Å². The third-order valence-electron chi connectivity index (χ3n) is 2.26. The van der Waals surface area contributed by atoms with Crippen molar-refractivity contribution in [3.05, 3.63) is 52.2 Å². The van der Waals surface area contributed by atoms with Crippen LogP contribution in [0.3, 0.4) is 0 Å². The molecule has 0 fully saturated rings. The molecule has 3 heteroatoms. The number of pyridine rings is 1. The van der Waals surface area contributed by atoms with Crippen LogP contribution < -0.4 is 5.56 Å². The Morgan fingerprint density at radius 3 is 3.07 bits per heavy atom. The van der Waals surface area contributed by atoms with Gasteiger partial charge in [-0.15, -0.1) is 0 Å². The molecule has 0 saturated carbocycles. The Balaban J connectivity index is 2.51. The normalized spacial score (nSPS) is 14.8. The van der Waals surface area contributed by atoms with E-state index in [1.54, 1.807) is 12.5 Å². The highest BCUT2D eigenvalue weighted by Crippen LogP contribution is 2.19. The Labute approximate surface area is 81.7 Å². The van der Waals surface area contributed by atoms with E-state index in [0.717, 1.165) is 16.7 Å². The Bertz CT molecular complexity index is 455. The second kappa shape index (κ2) is 3.54. The van der Waals surface area contributed by atoms with Crippen molar-refractivity contribution in [1.82, 2.24) is 4.98 Å². The zero-order chi connectivity index (χ0) is 9.97. The summed E-state index contributed by atoms with van der Waals surface area (Å²) < 4.78 is 5.05. The molecule has 1 aromatic heterocycles. The number of nitrogens with one attached hydrogen (secondary N) is 1. The lowest BCUT2D eigenvalue weighted by Crippen LogP contribution is -2.11. The van der Waals surface area contributed by atoms with Crippen molar-refractivity contribution in [2.75, 3.05) is 6.61 Å². The third-order valence-corrected chi connectivity index (χ3v) is 2.26. The summed E-state index contributed by atoms with van der Waals surface area (Å²) in [5, 5.41) is 0. The first kappa shape index (κ1) is 8.81. The van der Waals surface area contributed by atoms with Crippen LogP contribution in [0.4, 0.5) is 0 Å². The molecule has 1 N–H and O–H groups in total. The van der Waals surface area contributed by atoms with Crippen molar-refractivity contribution < 1.29 is 4.74 Å². The van der Waals surface area contributed by atoms with Gasteiger partial charge in [0.2, 0.25) is 0 Å². The number of H-pyrrole nitrogens is 1. The van der Waals surface area contributed by atoms with E-state index in [9.17, 15) is 4.79 Å². The lowest BCUT2D eigenvalue weighted by atomic mass is 10.0. The summed E-state index contributed by atoms with van der Waals surface area (Å²) in [5.74, 6) is 0. The number of ether oxygens (including phenoxy) is 1. The van der Waals surface area contributed by atoms with Gasteiger partial charge in [-0.3, -0.25) is 4.79 Å². The van der Waals surface area contributed by atoms with E-state index in [2.05, 4.69) is 4.98 Å².